The molecule has 34 heavy (non-hydrogen) atoms. The molecule has 0 amide bonds. The molecule has 0 radical (unpaired) electrons. The summed E-state index contributed by atoms with van der Waals surface area (Å²) in [5, 5.41) is 13.6. The number of hydrogen-bond acceptors (Lipinski definition) is 6. The van der Waals surface area contributed by atoms with Crippen LogP contribution in [0, 0.1) is 18.3 Å². The fourth-order valence-corrected chi connectivity index (χ4v) is 4.15. The zero-order valence-electron chi connectivity index (χ0n) is 18.7. The Balaban J connectivity index is 1.84. The molecule has 3 aromatic rings. The lowest BCUT2D eigenvalue weighted by atomic mass is 10.1. The van der Waals surface area contributed by atoms with Crippen molar-refractivity contribution in [1.29, 1.82) is 5.26 Å². The van der Waals surface area contributed by atoms with Crippen molar-refractivity contribution in [2.75, 3.05) is 7.11 Å². The molecule has 3 rings (SSSR count). The van der Waals surface area contributed by atoms with E-state index in [9.17, 15) is 23.2 Å². The van der Waals surface area contributed by atoms with E-state index < -0.39 is 11.9 Å². The third-order valence-electron chi connectivity index (χ3n) is 4.90. The number of hydrogen-bond donors (Lipinski definition) is 0. The zero-order valence-corrected chi connectivity index (χ0v) is 19.5. The first-order valence-corrected chi connectivity index (χ1v) is 11.2. The van der Waals surface area contributed by atoms with Gasteiger partial charge in [0.05, 0.1) is 12.7 Å². The molecule has 0 unspecified atom stereocenters. The third kappa shape index (κ3) is 5.85. The van der Waals surface area contributed by atoms with Crippen LogP contribution in [0.25, 0.3) is 6.08 Å². The summed E-state index contributed by atoms with van der Waals surface area (Å²) >= 11 is 1.02. The average molecular weight is 487 g/mol. The smallest absolute Gasteiger partial charge is 0.433 e. The zero-order chi connectivity index (χ0) is 24.9. The number of nitrogens with zero attached hydrogens (tertiary/aromatic N) is 4. The van der Waals surface area contributed by atoms with Crippen molar-refractivity contribution < 1.29 is 22.7 Å². The first-order valence-electron chi connectivity index (χ1n) is 10.2. The normalized spacial score (nSPS) is 11.6. The number of carbonyl (C=O) groups is 1. The Morgan fingerprint density at radius 1 is 1.29 bits per heavy atom. The van der Waals surface area contributed by atoms with Gasteiger partial charge in [0, 0.05) is 24.1 Å². The highest BCUT2D eigenvalue weighted by Gasteiger charge is 2.34. The highest BCUT2D eigenvalue weighted by molar-refractivity contribution is 7.98. The van der Waals surface area contributed by atoms with E-state index in [1.807, 2.05) is 13.0 Å². The van der Waals surface area contributed by atoms with E-state index in [1.54, 1.807) is 41.2 Å². The molecule has 0 aliphatic carbocycles. The minimum atomic E-state index is -4.62. The van der Waals surface area contributed by atoms with Crippen molar-refractivity contribution in [1.82, 2.24) is 14.8 Å². The summed E-state index contributed by atoms with van der Waals surface area (Å²) in [7, 11) is 1.49. The maximum atomic E-state index is 13.2. The molecule has 1 aromatic carbocycles. The Morgan fingerprint density at radius 3 is 2.68 bits per heavy atom. The van der Waals surface area contributed by atoms with Gasteiger partial charge < -0.3 is 4.74 Å². The van der Waals surface area contributed by atoms with Gasteiger partial charge in [0.15, 0.2) is 0 Å². The fourth-order valence-electron chi connectivity index (χ4n) is 3.12. The number of benzene rings is 1. The van der Waals surface area contributed by atoms with Gasteiger partial charge in [-0.3, -0.25) is 9.48 Å². The minimum Gasteiger partial charge on any atom is -0.496 e. The van der Waals surface area contributed by atoms with Crippen molar-refractivity contribution in [2.24, 2.45) is 0 Å². The molecule has 10 heteroatoms. The van der Waals surface area contributed by atoms with E-state index >= 15 is 0 Å². The van der Waals surface area contributed by atoms with Gasteiger partial charge in [0.1, 0.15) is 28.2 Å². The van der Waals surface area contributed by atoms with Crippen molar-refractivity contribution in [3.63, 3.8) is 0 Å². The number of alkyl halides is 3. The van der Waals surface area contributed by atoms with E-state index in [2.05, 4.69) is 10.1 Å². The molecule has 0 aliphatic rings. The summed E-state index contributed by atoms with van der Waals surface area (Å²) in [5.74, 6) is 0.489. The number of carbonyl (C=O) groups excluding carboxylic acids is 1. The van der Waals surface area contributed by atoms with Gasteiger partial charge in [-0.2, -0.15) is 23.5 Å². The lowest BCUT2D eigenvalue weighted by molar-refractivity contribution is -0.141. The van der Waals surface area contributed by atoms with Gasteiger partial charge in [-0.25, -0.2) is 4.98 Å². The molecule has 0 aliphatic heterocycles. The van der Waals surface area contributed by atoms with Crippen LogP contribution in [0.4, 0.5) is 13.2 Å². The Kier molecular flexibility index (Phi) is 7.79. The molecule has 0 N–H and O–H groups in total. The summed E-state index contributed by atoms with van der Waals surface area (Å²) in [5.41, 5.74) is 0.980. The lowest BCUT2D eigenvalue weighted by Gasteiger charge is -2.13. The summed E-state index contributed by atoms with van der Waals surface area (Å²) in [6, 6.07) is 9.69. The highest BCUT2D eigenvalue weighted by Crippen LogP contribution is 2.35. The van der Waals surface area contributed by atoms with Gasteiger partial charge in [-0.1, -0.05) is 12.1 Å². The van der Waals surface area contributed by atoms with E-state index in [1.165, 1.54) is 20.1 Å². The number of aromatic nitrogens is 3. The summed E-state index contributed by atoms with van der Waals surface area (Å²) in [4.78, 5) is 16.0. The first kappa shape index (κ1) is 25.1. The van der Waals surface area contributed by atoms with Gasteiger partial charge in [-0.05, 0) is 55.3 Å². The molecular weight excluding hydrogens is 465 g/mol. The van der Waals surface area contributed by atoms with Gasteiger partial charge in [0.25, 0.3) is 0 Å². The van der Waals surface area contributed by atoms with Crippen LogP contribution in [0.15, 0.2) is 47.6 Å². The number of methoxy groups -OCH3 is 1. The van der Waals surface area contributed by atoms with E-state index in [-0.39, 0.29) is 27.7 Å². The van der Waals surface area contributed by atoms with Crippen molar-refractivity contribution in [2.45, 2.75) is 37.3 Å². The molecule has 0 saturated heterocycles. The van der Waals surface area contributed by atoms with Crippen LogP contribution >= 0.6 is 11.8 Å². The largest absolute Gasteiger partial charge is 0.496 e. The van der Waals surface area contributed by atoms with Crippen LogP contribution in [0.3, 0.4) is 0 Å². The molecule has 0 bridgehead atoms. The first-order chi connectivity index (χ1) is 16.2. The molecule has 2 aromatic heterocycles. The number of rotatable bonds is 8. The number of halogens is 3. The topological polar surface area (TPSA) is 80.8 Å². The molecule has 0 spiro atoms. The highest BCUT2D eigenvalue weighted by atomic mass is 32.2. The predicted molar refractivity (Wildman–Crippen MR) is 123 cm³/mol. The number of nitriles is 1. The van der Waals surface area contributed by atoms with Crippen LogP contribution in [-0.2, 0) is 18.5 Å². The number of aryl methyl sites for hydroxylation is 2. The van der Waals surface area contributed by atoms with Crippen LogP contribution in [0.1, 0.15) is 45.4 Å². The third-order valence-corrected chi connectivity index (χ3v) is 5.92. The number of thioether (sulfide) groups is 1. The Labute approximate surface area is 199 Å². The lowest BCUT2D eigenvalue weighted by Crippen LogP contribution is -2.10. The molecular formula is C24H21F3N4O2S. The number of allylic oxidation sites excluding steroid dienone is 1. The average Bonchev–Trinajstić information content (AvgIpc) is 3.30. The monoisotopic (exact) mass is 486 g/mol. The van der Waals surface area contributed by atoms with Crippen LogP contribution in [0.5, 0.6) is 5.75 Å². The maximum absolute atomic E-state index is 13.2. The Hall–Kier alpha value is -3.58. The number of pyridine rings is 1. The van der Waals surface area contributed by atoms with E-state index in [0.29, 0.717) is 29.1 Å². The molecule has 176 valence electrons. The van der Waals surface area contributed by atoms with Gasteiger partial charge in [-0.15, -0.1) is 11.8 Å². The molecule has 6 nitrogen and oxygen atoms in total. The predicted octanol–water partition coefficient (Wildman–Crippen LogP) is 5.69. The Bertz CT molecular complexity index is 1280. The summed E-state index contributed by atoms with van der Waals surface area (Å²) < 4.78 is 46.6. The second-order valence-corrected chi connectivity index (χ2v) is 8.19. The molecule has 2 heterocycles. The fraction of sp³-hybridized carbons (Fsp3) is 0.250. The standard InChI is InChI=1S/C24H21F3N4O2S/c1-4-31-10-9-19(30-31)20(32)7-5-16-6-8-21(33-3)17(12-16)14-34-23-18(13-28)15(2)11-22(29-23)24(25,26)27/h5-12H,4,14H2,1-3H3/b7-5+. The van der Waals surface area contributed by atoms with Crippen molar-refractivity contribution >= 4 is 23.6 Å². The summed E-state index contributed by atoms with van der Waals surface area (Å²) in [6.45, 7) is 4.03. The second kappa shape index (κ2) is 10.6. The van der Waals surface area contributed by atoms with Crippen LogP contribution in [-0.4, -0.2) is 27.7 Å². The number of ketones is 1. The van der Waals surface area contributed by atoms with Crippen LogP contribution < -0.4 is 4.74 Å². The van der Waals surface area contributed by atoms with Crippen molar-refractivity contribution in [3.05, 3.63) is 76.2 Å². The number of ether oxygens (including phenoxy) is 1. The van der Waals surface area contributed by atoms with Gasteiger partial charge >= 0.3 is 6.18 Å². The van der Waals surface area contributed by atoms with Crippen molar-refractivity contribution in [3.8, 4) is 11.8 Å². The van der Waals surface area contributed by atoms with E-state index in [4.69, 9.17) is 4.74 Å². The molecule has 0 atom stereocenters. The molecule has 0 fully saturated rings. The molecule has 0 saturated carbocycles. The maximum Gasteiger partial charge on any atom is 0.433 e. The minimum absolute atomic E-state index is 0.000452. The van der Waals surface area contributed by atoms with Gasteiger partial charge in [0.2, 0.25) is 5.78 Å². The quantitative estimate of drug-likeness (QED) is 0.231. The van der Waals surface area contributed by atoms with E-state index in [0.717, 1.165) is 17.8 Å². The second-order valence-electron chi connectivity index (χ2n) is 7.23. The summed E-state index contributed by atoms with van der Waals surface area (Å²) in [6.07, 6.45) is 0.152. The Morgan fingerprint density at radius 2 is 2.06 bits per heavy atom. The van der Waals surface area contributed by atoms with Crippen LogP contribution in [0.2, 0.25) is 0 Å². The SMILES string of the molecule is CCn1ccc(C(=O)/C=C/c2ccc(OC)c(CSc3nc(C(F)(F)F)cc(C)c3C#N)c2)n1.